The van der Waals surface area contributed by atoms with Gasteiger partial charge in [-0.25, -0.2) is 4.98 Å². The molecule has 1 N–H and O–H groups in total. The van der Waals surface area contributed by atoms with Crippen LogP contribution in [0.25, 0.3) is 11.3 Å². The summed E-state index contributed by atoms with van der Waals surface area (Å²) in [6.07, 6.45) is 3.23. The number of hydrogen-bond acceptors (Lipinski definition) is 8. The zero-order valence-corrected chi connectivity index (χ0v) is 18.0. The lowest BCUT2D eigenvalue weighted by molar-refractivity contribution is 0.122. The Hall–Kier alpha value is -3.79. The van der Waals surface area contributed by atoms with Gasteiger partial charge in [-0.05, 0) is 42.8 Å². The van der Waals surface area contributed by atoms with Crippen LogP contribution in [0.15, 0.2) is 53.7 Å². The number of anilines is 2. The average Bonchev–Trinajstić information content (AvgIpc) is 3.35. The Labute approximate surface area is 184 Å². The zero-order chi connectivity index (χ0) is 22.1. The Morgan fingerprint density at radius 3 is 2.75 bits per heavy atom. The molecule has 10 heteroatoms. The molecule has 4 heterocycles. The van der Waals surface area contributed by atoms with Crippen LogP contribution in [-0.2, 0) is 4.74 Å². The topological polar surface area (TPSA) is 102 Å². The minimum atomic E-state index is -0.138. The maximum absolute atomic E-state index is 13.0. The summed E-state index contributed by atoms with van der Waals surface area (Å²) in [5, 5.41) is 15.5. The molecule has 1 aromatic carbocycles. The molecule has 1 aliphatic rings. The number of fused-ring (bicyclic) bond motifs is 1. The third kappa shape index (κ3) is 3.80. The van der Waals surface area contributed by atoms with E-state index in [4.69, 9.17) is 9.72 Å². The fraction of sp³-hybridized carbons (Fsp3) is 0.318. The van der Waals surface area contributed by atoms with Crippen molar-refractivity contribution < 1.29 is 4.74 Å². The van der Waals surface area contributed by atoms with Gasteiger partial charge in [0.05, 0.1) is 24.9 Å². The van der Waals surface area contributed by atoms with Crippen LogP contribution in [-0.4, -0.2) is 55.9 Å². The number of nitrogens with zero attached hydrogens (tertiary/aromatic N) is 7. The van der Waals surface area contributed by atoms with E-state index in [1.54, 1.807) is 10.5 Å². The van der Waals surface area contributed by atoms with E-state index in [9.17, 15) is 4.79 Å². The summed E-state index contributed by atoms with van der Waals surface area (Å²) in [6.45, 7) is 6.73. The molecule has 0 radical (unpaired) electrons. The first kappa shape index (κ1) is 20.1. The summed E-state index contributed by atoms with van der Waals surface area (Å²) in [5.74, 6) is 0.683. The van der Waals surface area contributed by atoms with Gasteiger partial charge in [-0.2, -0.15) is 0 Å². The molecule has 0 bridgehead atoms. The fourth-order valence-electron chi connectivity index (χ4n) is 3.99. The van der Waals surface area contributed by atoms with E-state index in [-0.39, 0.29) is 11.6 Å². The Morgan fingerprint density at radius 2 is 1.97 bits per heavy atom. The van der Waals surface area contributed by atoms with Crippen molar-refractivity contribution in [3.05, 3.63) is 70.4 Å². The number of pyridine rings is 1. The van der Waals surface area contributed by atoms with Crippen molar-refractivity contribution in [1.82, 2.24) is 29.6 Å². The van der Waals surface area contributed by atoms with E-state index in [0.29, 0.717) is 24.7 Å². The fourth-order valence-corrected chi connectivity index (χ4v) is 3.99. The van der Waals surface area contributed by atoms with Crippen LogP contribution >= 0.6 is 0 Å². The van der Waals surface area contributed by atoms with Crippen molar-refractivity contribution in [3.63, 3.8) is 0 Å². The van der Waals surface area contributed by atoms with Crippen molar-refractivity contribution in [2.75, 3.05) is 36.5 Å². The lowest BCUT2D eigenvalue weighted by atomic mass is 10.1. The monoisotopic (exact) mass is 432 g/mol. The lowest BCUT2D eigenvalue weighted by Crippen LogP contribution is -2.37. The number of morpholine rings is 1. The van der Waals surface area contributed by atoms with E-state index < -0.39 is 0 Å². The molecule has 1 unspecified atom stereocenters. The summed E-state index contributed by atoms with van der Waals surface area (Å²) in [5.41, 5.74) is 4.09. The Morgan fingerprint density at radius 1 is 1.16 bits per heavy atom. The zero-order valence-electron chi connectivity index (χ0n) is 18.0. The van der Waals surface area contributed by atoms with Gasteiger partial charge in [0, 0.05) is 30.9 Å². The van der Waals surface area contributed by atoms with Gasteiger partial charge >= 0.3 is 0 Å². The molecule has 5 rings (SSSR count). The second-order valence-corrected chi connectivity index (χ2v) is 7.83. The van der Waals surface area contributed by atoms with Gasteiger partial charge in [0.15, 0.2) is 6.33 Å². The maximum Gasteiger partial charge on any atom is 0.259 e. The van der Waals surface area contributed by atoms with E-state index in [2.05, 4.69) is 31.7 Å². The van der Waals surface area contributed by atoms with E-state index in [1.165, 1.54) is 11.1 Å². The molecule has 1 fully saturated rings. The molecular weight excluding hydrogens is 408 g/mol. The van der Waals surface area contributed by atoms with Gasteiger partial charge in [-0.1, -0.05) is 12.1 Å². The van der Waals surface area contributed by atoms with E-state index in [0.717, 1.165) is 35.6 Å². The van der Waals surface area contributed by atoms with Crippen LogP contribution in [0.4, 0.5) is 11.5 Å². The summed E-state index contributed by atoms with van der Waals surface area (Å²) < 4.78 is 7.07. The molecule has 1 aliphatic heterocycles. The number of nitrogens with one attached hydrogen (secondary N) is 1. The van der Waals surface area contributed by atoms with Crippen LogP contribution in [0, 0.1) is 6.92 Å². The maximum atomic E-state index is 13.0. The molecule has 3 aromatic heterocycles. The van der Waals surface area contributed by atoms with Gasteiger partial charge < -0.3 is 15.0 Å². The minimum absolute atomic E-state index is 0.0964. The van der Waals surface area contributed by atoms with Crippen molar-refractivity contribution in [2.24, 2.45) is 0 Å². The highest BCUT2D eigenvalue weighted by Gasteiger charge is 2.19. The van der Waals surface area contributed by atoms with Crippen LogP contribution in [0.2, 0.25) is 0 Å². The quantitative estimate of drug-likeness (QED) is 0.511. The SMILES string of the molecule is Cc1cc(C(C)Nc2ccccc2-n2ncnn2)c2nc(N3CCOCC3)cc(=O)n2c1. The second-order valence-electron chi connectivity index (χ2n) is 7.83. The molecule has 1 saturated heterocycles. The van der Waals surface area contributed by atoms with E-state index in [1.807, 2.05) is 44.3 Å². The number of tetrazole rings is 1. The van der Waals surface area contributed by atoms with Crippen LogP contribution in [0.3, 0.4) is 0 Å². The smallest absolute Gasteiger partial charge is 0.259 e. The molecule has 164 valence electrons. The highest BCUT2D eigenvalue weighted by molar-refractivity contribution is 5.63. The van der Waals surface area contributed by atoms with Crippen molar-refractivity contribution in [2.45, 2.75) is 19.9 Å². The third-order valence-corrected chi connectivity index (χ3v) is 5.55. The van der Waals surface area contributed by atoms with Gasteiger partial charge in [-0.15, -0.1) is 15.0 Å². The summed E-state index contributed by atoms with van der Waals surface area (Å²) >= 11 is 0. The van der Waals surface area contributed by atoms with Crippen molar-refractivity contribution >= 4 is 17.2 Å². The molecule has 1 atom stereocenters. The minimum Gasteiger partial charge on any atom is -0.378 e. The Balaban J connectivity index is 1.56. The molecule has 0 spiro atoms. The number of ether oxygens (including phenoxy) is 1. The molecule has 0 aliphatic carbocycles. The lowest BCUT2D eigenvalue weighted by Gasteiger charge is -2.28. The Bertz CT molecular complexity index is 1300. The highest BCUT2D eigenvalue weighted by atomic mass is 16.5. The van der Waals surface area contributed by atoms with Crippen LogP contribution in [0.5, 0.6) is 0 Å². The van der Waals surface area contributed by atoms with Gasteiger partial charge in [-0.3, -0.25) is 9.20 Å². The largest absolute Gasteiger partial charge is 0.378 e. The van der Waals surface area contributed by atoms with Crippen LogP contribution < -0.4 is 15.8 Å². The van der Waals surface area contributed by atoms with Gasteiger partial charge in [0.2, 0.25) is 0 Å². The molecular formula is C22H24N8O2. The number of para-hydroxylation sites is 2. The molecule has 0 amide bonds. The molecule has 10 nitrogen and oxygen atoms in total. The molecule has 0 saturated carbocycles. The number of aromatic nitrogens is 6. The van der Waals surface area contributed by atoms with Crippen molar-refractivity contribution in [3.8, 4) is 5.69 Å². The number of benzene rings is 1. The first-order valence-corrected chi connectivity index (χ1v) is 10.6. The second kappa shape index (κ2) is 8.39. The first-order valence-electron chi connectivity index (χ1n) is 10.6. The third-order valence-electron chi connectivity index (χ3n) is 5.55. The normalized spacial score (nSPS) is 15.1. The van der Waals surface area contributed by atoms with Crippen molar-refractivity contribution in [1.29, 1.82) is 0 Å². The van der Waals surface area contributed by atoms with Crippen LogP contribution in [0.1, 0.15) is 24.1 Å². The number of hydrogen-bond donors (Lipinski definition) is 1. The van der Waals surface area contributed by atoms with E-state index >= 15 is 0 Å². The standard InChI is InChI=1S/C22H24N8O2/c1-15-11-17(16(2)25-18-5-3-4-6-19(18)30-24-14-23-27-30)22-26-20(12-21(31)29(22)13-15)28-7-9-32-10-8-28/h3-6,11-14,16,25H,7-10H2,1-2H3. The predicted molar refractivity (Wildman–Crippen MR) is 120 cm³/mol. The molecule has 32 heavy (non-hydrogen) atoms. The van der Waals surface area contributed by atoms with Gasteiger partial charge in [0.1, 0.15) is 17.2 Å². The van der Waals surface area contributed by atoms with Gasteiger partial charge in [0.25, 0.3) is 5.56 Å². The predicted octanol–water partition coefficient (Wildman–Crippen LogP) is 1.99. The number of aryl methyl sites for hydroxylation is 1. The highest BCUT2D eigenvalue weighted by Crippen LogP contribution is 2.27. The number of rotatable bonds is 5. The first-order chi connectivity index (χ1) is 15.6. The summed E-state index contributed by atoms with van der Waals surface area (Å²) in [7, 11) is 0. The Kier molecular flexibility index (Phi) is 5.28. The summed E-state index contributed by atoms with van der Waals surface area (Å²) in [6, 6.07) is 11.3. The molecule has 4 aromatic rings. The summed E-state index contributed by atoms with van der Waals surface area (Å²) in [4.78, 5) is 21.4. The average molecular weight is 432 g/mol.